The Balaban J connectivity index is 1.69. The summed E-state index contributed by atoms with van der Waals surface area (Å²) in [4.78, 5) is 28.5. The highest BCUT2D eigenvalue weighted by atomic mass is 32.2. The Bertz CT molecular complexity index is 1440. The number of carbonyl (C=O) groups is 2. The first-order valence-electron chi connectivity index (χ1n) is 13.6. The molecule has 0 saturated heterocycles. The molecule has 0 unspecified atom stereocenters. The molecular formula is C31H36FN3O4S. The number of nitrogens with one attached hydrogen (secondary N) is 1. The first kappa shape index (κ1) is 29.3. The summed E-state index contributed by atoms with van der Waals surface area (Å²) in [6.07, 6.45) is 3.86. The van der Waals surface area contributed by atoms with Gasteiger partial charge in [-0.05, 0) is 63.4 Å². The number of hydrogen-bond donors (Lipinski definition) is 1. The summed E-state index contributed by atoms with van der Waals surface area (Å²) in [5, 5.41) is 3.04. The number of amides is 2. The third-order valence-electron chi connectivity index (χ3n) is 7.35. The van der Waals surface area contributed by atoms with E-state index in [0.717, 1.165) is 52.7 Å². The number of anilines is 1. The van der Waals surface area contributed by atoms with E-state index in [1.165, 1.54) is 35.2 Å². The first-order valence-corrected chi connectivity index (χ1v) is 15.0. The van der Waals surface area contributed by atoms with E-state index in [9.17, 15) is 18.0 Å². The zero-order valence-corrected chi connectivity index (χ0v) is 24.0. The van der Waals surface area contributed by atoms with E-state index in [0.29, 0.717) is 0 Å². The number of para-hydroxylation sites is 1. The van der Waals surface area contributed by atoms with Gasteiger partial charge in [0.1, 0.15) is 18.4 Å². The Hall–Kier alpha value is -3.72. The molecule has 1 aliphatic rings. The number of nitrogens with zero attached hydrogens (tertiary/aromatic N) is 2. The van der Waals surface area contributed by atoms with Crippen molar-refractivity contribution in [3.63, 3.8) is 0 Å². The molecule has 0 spiro atoms. The molecule has 1 atom stereocenters. The third kappa shape index (κ3) is 6.88. The summed E-state index contributed by atoms with van der Waals surface area (Å²) in [6.45, 7) is 4.83. The molecule has 1 saturated carbocycles. The van der Waals surface area contributed by atoms with Crippen molar-refractivity contribution in [2.45, 2.75) is 70.0 Å². The fourth-order valence-electron chi connectivity index (χ4n) is 4.87. The zero-order chi connectivity index (χ0) is 28.9. The van der Waals surface area contributed by atoms with E-state index < -0.39 is 34.3 Å². The highest BCUT2D eigenvalue weighted by Crippen LogP contribution is 2.27. The minimum absolute atomic E-state index is 0.0584. The number of carbonyl (C=O) groups excluding carboxylic acids is 2. The Labute approximate surface area is 236 Å². The van der Waals surface area contributed by atoms with Gasteiger partial charge >= 0.3 is 0 Å². The van der Waals surface area contributed by atoms with Gasteiger partial charge in [-0.1, -0.05) is 72.5 Å². The maximum Gasteiger partial charge on any atom is 0.264 e. The molecule has 3 aromatic carbocycles. The molecule has 9 heteroatoms. The van der Waals surface area contributed by atoms with Gasteiger partial charge in [-0.2, -0.15) is 0 Å². The monoisotopic (exact) mass is 565 g/mol. The van der Waals surface area contributed by atoms with Crippen LogP contribution in [0.5, 0.6) is 0 Å². The van der Waals surface area contributed by atoms with E-state index in [2.05, 4.69) is 5.32 Å². The minimum Gasteiger partial charge on any atom is -0.352 e. The molecule has 1 aliphatic carbocycles. The molecule has 40 heavy (non-hydrogen) atoms. The van der Waals surface area contributed by atoms with Crippen molar-refractivity contribution in [3.8, 4) is 0 Å². The van der Waals surface area contributed by atoms with Gasteiger partial charge < -0.3 is 10.2 Å². The Morgan fingerprint density at radius 2 is 1.50 bits per heavy atom. The second kappa shape index (κ2) is 12.6. The number of halogens is 1. The standard InChI is InChI=1S/C31H36FN3O4S/c1-22-12-16-25(17-13-22)20-34(24(3)31(37)33-26-8-4-5-9-26)30(36)21-35(29-11-7-6-10-28(29)32)40(38,39)27-18-14-23(2)15-19-27/h6-7,10-19,24,26H,4-5,8-9,20-21H2,1-3H3,(H,33,37)/t24-/m0/s1. The minimum atomic E-state index is -4.32. The van der Waals surface area contributed by atoms with Crippen LogP contribution in [0.4, 0.5) is 10.1 Å². The number of rotatable bonds is 10. The lowest BCUT2D eigenvalue weighted by Crippen LogP contribution is -2.52. The highest BCUT2D eigenvalue weighted by molar-refractivity contribution is 7.92. The molecule has 0 bridgehead atoms. The average molecular weight is 566 g/mol. The van der Waals surface area contributed by atoms with Crippen LogP contribution in [-0.2, 0) is 26.2 Å². The van der Waals surface area contributed by atoms with Crippen LogP contribution in [0.1, 0.15) is 49.3 Å². The van der Waals surface area contributed by atoms with Crippen molar-refractivity contribution < 1.29 is 22.4 Å². The van der Waals surface area contributed by atoms with Crippen LogP contribution >= 0.6 is 0 Å². The molecule has 1 fully saturated rings. The fraction of sp³-hybridized carbons (Fsp3) is 0.355. The van der Waals surface area contributed by atoms with Crippen molar-refractivity contribution in [1.29, 1.82) is 0 Å². The summed E-state index contributed by atoms with van der Waals surface area (Å²) >= 11 is 0. The number of aryl methyl sites for hydroxylation is 2. The number of sulfonamides is 1. The maximum atomic E-state index is 15.0. The van der Waals surface area contributed by atoms with Crippen molar-refractivity contribution in [2.24, 2.45) is 0 Å². The molecule has 0 aliphatic heterocycles. The third-order valence-corrected chi connectivity index (χ3v) is 9.13. The van der Waals surface area contributed by atoms with Crippen LogP contribution in [0.25, 0.3) is 0 Å². The van der Waals surface area contributed by atoms with Gasteiger partial charge in [0.05, 0.1) is 10.6 Å². The molecule has 0 heterocycles. The van der Waals surface area contributed by atoms with E-state index in [-0.39, 0.29) is 29.1 Å². The molecule has 0 aromatic heterocycles. The average Bonchev–Trinajstić information content (AvgIpc) is 3.44. The van der Waals surface area contributed by atoms with Gasteiger partial charge in [0.2, 0.25) is 11.8 Å². The van der Waals surface area contributed by atoms with Gasteiger partial charge in [0.15, 0.2) is 0 Å². The predicted molar refractivity (Wildman–Crippen MR) is 154 cm³/mol. The summed E-state index contributed by atoms with van der Waals surface area (Å²) in [7, 11) is -4.32. The molecule has 0 radical (unpaired) electrons. The zero-order valence-electron chi connectivity index (χ0n) is 23.1. The van der Waals surface area contributed by atoms with Crippen LogP contribution in [-0.4, -0.2) is 43.8 Å². The SMILES string of the molecule is Cc1ccc(CN(C(=O)CN(c2ccccc2F)S(=O)(=O)c2ccc(C)cc2)[C@@H](C)C(=O)NC2CCCC2)cc1. The van der Waals surface area contributed by atoms with Crippen LogP contribution in [0.15, 0.2) is 77.7 Å². The van der Waals surface area contributed by atoms with Crippen LogP contribution in [0, 0.1) is 19.7 Å². The van der Waals surface area contributed by atoms with E-state index in [1.807, 2.05) is 38.1 Å². The molecular weight excluding hydrogens is 529 g/mol. The topological polar surface area (TPSA) is 86.8 Å². The van der Waals surface area contributed by atoms with Crippen molar-refractivity contribution >= 4 is 27.5 Å². The van der Waals surface area contributed by atoms with Crippen LogP contribution in [0.2, 0.25) is 0 Å². The molecule has 212 valence electrons. The van der Waals surface area contributed by atoms with Gasteiger partial charge in [-0.15, -0.1) is 0 Å². The van der Waals surface area contributed by atoms with E-state index >= 15 is 4.39 Å². The van der Waals surface area contributed by atoms with Crippen LogP contribution in [0.3, 0.4) is 0 Å². The fourth-order valence-corrected chi connectivity index (χ4v) is 6.29. The van der Waals surface area contributed by atoms with Crippen molar-refractivity contribution in [1.82, 2.24) is 10.2 Å². The van der Waals surface area contributed by atoms with Gasteiger partial charge in [-0.25, -0.2) is 12.8 Å². The van der Waals surface area contributed by atoms with Gasteiger partial charge in [-0.3, -0.25) is 13.9 Å². The van der Waals surface area contributed by atoms with Gasteiger partial charge in [0.25, 0.3) is 10.0 Å². The molecule has 4 rings (SSSR count). The lowest BCUT2D eigenvalue weighted by molar-refractivity contribution is -0.139. The summed E-state index contributed by atoms with van der Waals surface area (Å²) in [5.41, 5.74) is 2.45. The lowest BCUT2D eigenvalue weighted by atomic mass is 10.1. The normalized spacial score (nSPS) is 14.5. The van der Waals surface area contributed by atoms with E-state index in [4.69, 9.17) is 0 Å². The first-order chi connectivity index (χ1) is 19.1. The smallest absolute Gasteiger partial charge is 0.264 e. The molecule has 2 amide bonds. The van der Waals surface area contributed by atoms with Crippen molar-refractivity contribution in [3.05, 3.63) is 95.3 Å². The second-order valence-electron chi connectivity index (χ2n) is 10.4. The Morgan fingerprint density at radius 3 is 2.10 bits per heavy atom. The van der Waals surface area contributed by atoms with Gasteiger partial charge in [0, 0.05) is 12.6 Å². The maximum absolute atomic E-state index is 15.0. The molecule has 1 N–H and O–H groups in total. The summed E-state index contributed by atoms with van der Waals surface area (Å²) in [5.74, 6) is -1.69. The Kier molecular flexibility index (Phi) is 9.25. The second-order valence-corrected chi connectivity index (χ2v) is 12.3. The highest BCUT2D eigenvalue weighted by Gasteiger charge is 2.34. The lowest BCUT2D eigenvalue weighted by Gasteiger charge is -2.32. The van der Waals surface area contributed by atoms with Crippen molar-refractivity contribution in [2.75, 3.05) is 10.8 Å². The molecule has 3 aromatic rings. The summed E-state index contributed by atoms with van der Waals surface area (Å²) in [6, 6.07) is 18.4. The van der Waals surface area contributed by atoms with E-state index in [1.54, 1.807) is 19.1 Å². The number of hydrogen-bond acceptors (Lipinski definition) is 4. The summed E-state index contributed by atoms with van der Waals surface area (Å²) < 4.78 is 43.4. The predicted octanol–water partition coefficient (Wildman–Crippen LogP) is 5.11. The molecule has 7 nitrogen and oxygen atoms in total. The largest absolute Gasteiger partial charge is 0.352 e. The van der Waals surface area contributed by atoms with Crippen LogP contribution < -0.4 is 9.62 Å². The quantitative estimate of drug-likeness (QED) is 0.370. The number of benzene rings is 3. The Morgan fingerprint density at radius 1 is 0.925 bits per heavy atom.